The number of nitrogens with zero attached hydrogens (tertiary/aromatic N) is 3. The lowest BCUT2D eigenvalue weighted by atomic mass is 10.1. The zero-order valence-corrected chi connectivity index (χ0v) is 14.0. The fourth-order valence-electron chi connectivity index (χ4n) is 3.34. The van der Waals surface area contributed by atoms with Crippen molar-refractivity contribution in [3.8, 4) is 0 Å². The molecule has 23 heavy (non-hydrogen) atoms. The minimum absolute atomic E-state index is 0.376. The van der Waals surface area contributed by atoms with Crippen LogP contribution in [-0.4, -0.2) is 26.9 Å². The maximum atomic E-state index is 11.3. The Hall–Kier alpha value is -2.14. The molecule has 0 spiro atoms. The molecule has 0 unspecified atom stereocenters. The highest BCUT2D eigenvalue weighted by Gasteiger charge is 2.23. The lowest BCUT2D eigenvalue weighted by Gasteiger charge is -2.26. The smallest absolute Gasteiger partial charge is 0.248 e. The van der Waals surface area contributed by atoms with Crippen LogP contribution < -0.4 is 5.73 Å². The van der Waals surface area contributed by atoms with Crippen molar-refractivity contribution < 1.29 is 4.79 Å². The summed E-state index contributed by atoms with van der Waals surface area (Å²) in [6.07, 6.45) is 1.01. The van der Waals surface area contributed by atoms with Gasteiger partial charge < -0.3 is 10.3 Å². The van der Waals surface area contributed by atoms with E-state index in [2.05, 4.69) is 30.4 Å². The van der Waals surface area contributed by atoms with Crippen LogP contribution in [0.2, 0.25) is 0 Å². The molecule has 0 aliphatic carbocycles. The van der Waals surface area contributed by atoms with E-state index in [0.29, 0.717) is 11.5 Å². The second-order valence-electron chi connectivity index (χ2n) is 6.60. The number of benzene rings is 1. The lowest BCUT2D eigenvalue weighted by molar-refractivity contribution is 0.1000. The molecule has 0 saturated carbocycles. The average molecular weight is 312 g/mol. The van der Waals surface area contributed by atoms with Crippen LogP contribution in [0, 0.1) is 0 Å². The highest BCUT2D eigenvalue weighted by atomic mass is 16.1. The molecule has 0 bridgehead atoms. The van der Waals surface area contributed by atoms with Crippen LogP contribution in [-0.2, 0) is 26.6 Å². The largest absolute Gasteiger partial charge is 0.366 e. The van der Waals surface area contributed by atoms with Gasteiger partial charge >= 0.3 is 0 Å². The number of fused-ring (bicyclic) bond motifs is 1. The zero-order chi connectivity index (χ0) is 16.6. The predicted octanol–water partition coefficient (Wildman–Crippen LogP) is 2.20. The van der Waals surface area contributed by atoms with Gasteiger partial charge in [0.2, 0.25) is 5.91 Å². The second kappa shape index (κ2) is 6.16. The number of primary amides is 1. The van der Waals surface area contributed by atoms with Crippen LogP contribution in [0.3, 0.4) is 0 Å². The number of carbonyl (C=O) groups excluding carboxylic acids is 1. The zero-order valence-electron chi connectivity index (χ0n) is 14.0. The van der Waals surface area contributed by atoms with Crippen LogP contribution >= 0.6 is 0 Å². The molecule has 0 radical (unpaired) electrons. The Morgan fingerprint density at radius 1 is 1.39 bits per heavy atom. The molecular formula is C18H24N4O. The molecule has 3 rings (SSSR count). The summed E-state index contributed by atoms with van der Waals surface area (Å²) in [6.45, 7) is 7.04. The first-order chi connectivity index (χ1) is 11.0. The molecular weight excluding hydrogens is 288 g/mol. The first-order valence-corrected chi connectivity index (χ1v) is 8.11. The van der Waals surface area contributed by atoms with Gasteiger partial charge in [-0.2, -0.15) is 0 Å². The van der Waals surface area contributed by atoms with Gasteiger partial charge in [-0.1, -0.05) is 26.0 Å². The van der Waals surface area contributed by atoms with Gasteiger partial charge in [0.25, 0.3) is 0 Å². The van der Waals surface area contributed by atoms with E-state index in [-0.39, 0.29) is 5.91 Å². The van der Waals surface area contributed by atoms with E-state index in [4.69, 9.17) is 10.7 Å². The Morgan fingerprint density at radius 2 is 2.17 bits per heavy atom. The van der Waals surface area contributed by atoms with Crippen LogP contribution in [0.15, 0.2) is 24.3 Å². The van der Waals surface area contributed by atoms with Crippen LogP contribution in [0.25, 0.3) is 0 Å². The summed E-state index contributed by atoms with van der Waals surface area (Å²) in [7, 11) is 2.12. The number of imidazole rings is 1. The number of hydrogen-bond acceptors (Lipinski definition) is 3. The summed E-state index contributed by atoms with van der Waals surface area (Å²) >= 11 is 0. The Morgan fingerprint density at radius 3 is 2.87 bits per heavy atom. The number of rotatable bonds is 4. The van der Waals surface area contributed by atoms with Crippen LogP contribution in [0.4, 0.5) is 0 Å². The summed E-state index contributed by atoms with van der Waals surface area (Å²) in [4.78, 5) is 18.5. The molecule has 2 N–H and O–H groups in total. The van der Waals surface area contributed by atoms with Gasteiger partial charge in [-0.25, -0.2) is 4.98 Å². The van der Waals surface area contributed by atoms with Crippen LogP contribution in [0.5, 0.6) is 0 Å². The number of aromatic nitrogens is 2. The standard InChI is InChI=1S/C18H24N4O/c1-12(2)18-20-15-11-22(8-7-16(15)21(18)3)10-13-5-4-6-14(9-13)17(19)23/h4-6,9,12H,7-8,10-11H2,1-3H3,(H2,19,23). The lowest BCUT2D eigenvalue weighted by Crippen LogP contribution is -2.30. The van der Waals surface area contributed by atoms with E-state index in [1.807, 2.05) is 18.2 Å². The van der Waals surface area contributed by atoms with Gasteiger partial charge in [-0.15, -0.1) is 0 Å². The summed E-state index contributed by atoms with van der Waals surface area (Å²) in [6, 6.07) is 7.58. The first kappa shape index (κ1) is 15.7. The molecule has 1 aromatic carbocycles. The van der Waals surface area contributed by atoms with E-state index in [0.717, 1.165) is 37.4 Å². The predicted molar refractivity (Wildman–Crippen MR) is 90.1 cm³/mol. The number of nitrogens with two attached hydrogens (primary N) is 1. The topological polar surface area (TPSA) is 64.2 Å². The molecule has 1 amide bonds. The molecule has 5 heteroatoms. The Bertz CT molecular complexity index is 733. The van der Waals surface area contributed by atoms with E-state index < -0.39 is 0 Å². The quantitative estimate of drug-likeness (QED) is 0.941. The summed E-state index contributed by atoms with van der Waals surface area (Å²) in [5.41, 5.74) is 9.59. The highest BCUT2D eigenvalue weighted by molar-refractivity contribution is 5.92. The summed E-state index contributed by atoms with van der Waals surface area (Å²) < 4.78 is 2.26. The van der Waals surface area contributed by atoms with Crippen molar-refractivity contribution in [1.82, 2.24) is 14.5 Å². The molecule has 122 valence electrons. The summed E-state index contributed by atoms with van der Waals surface area (Å²) in [5, 5.41) is 0. The molecule has 1 aromatic heterocycles. The van der Waals surface area contributed by atoms with Crippen molar-refractivity contribution in [2.24, 2.45) is 12.8 Å². The SMILES string of the molecule is CC(C)c1nc2c(n1C)CCN(Cc1cccc(C(N)=O)c1)C2. The maximum Gasteiger partial charge on any atom is 0.248 e. The molecule has 2 aromatic rings. The Kier molecular flexibility index (Phi) is 4.22. The Balaban J connectivity index is 1.76. The van der Waals surface area contributed by atoms with E-state index in [9.17, 15) is 4.79 Å². The molecule has 1 aliphatic rings. The van der Waals surface area contributed by atoms with Crippen molar-refractivity contribution in [1.29, 1.82) is 0 Å². The minimum atomic E-state index is -0.376. The van der Waals surface area contributed by atoms with Crippen molar-refractivity contribution in [2.75, 3.05) is 6.54 Å². The molecule has 0 atom stereocenters. The van der Waals surface area contributed by atoms with Crippen molar-refractivity contribution in [3.05, 3.63) is 52.6 Å². The normalized spacial score (nSPS) is 15.0. The number of amides is 1. The fraction of sp³-hybridized carbons (Fsp3) is 0.444. The number of carbonyl (C=O) groups is 1. The van der Waals surface area contributed by atoms with Gasteiger partial charge in [-0.05, 0) is 17.7 Å². The van der Waals surface area contributed by atoms with Gasteiger partial charge in [-0.3, -0.25) is 9.69 Å². The van der Waals surface area contributed by atoms with Crippen molar-refractivity contribution >= 4 is 5.91 Å². The van der Waals surface area contributed by atoms with Crippen molar-refractivity contribution in [3.63, 3.8) is 0 Å². The summed E-state index contributed by atoms with van der Waals surface area (Å²) in [5.74, 6) is 1.22. The van der Waals surface area contributed by atoms with E-state index in [1.54, 1.807) is 6.07 Å². The molecule has 5 nitrogen and oxygen atoms in total. The molecule has 0 saturated heterocycles. The van der Waals surface area contributed by atoms with E-state index >= 15 is 0 Å². The third-order valence-electron chi connectivity index (χ3n) is 4.50. The Labute approximate surface area is 137 Å². The van der Waals surface area contributed by atoms with Gasteiger partial charge in [0.15, 0.2) is 0 Å². The second-order valence-corrected chi connectivity index (χ2v) is 6.60. The minimum Gasteiger partial charge on any atom is -0.366 e. The van der Waals surface area contributed by atoms with E-state index in [1.165, 1.54) is 11.4 Å². The molecule has 0 fully saturated rings. The first-order valence-electron chi connectivity index (χ1n) is 8.11. The van der Waals surface area contributed by atoms with Crippen LogP contribution in [0.1, 0.15) is 52.9 Å². The van der Waals surface area contributed by atoms with Gasteiger partial charge in [0.1, 0.15) is 5.82 Å². The van der Waals surface area contributed by atoms with Gasteiger partial charge in [0.05, 0.1) is 5.69 Å². The molecule has 2 heterocycles. The average Bonchev–Trinajstić information content (AvgIpc) is 2.84. The highest BCUT2D eigenvalue weighted by Crippen LogP contribution is 2.24. The maximum absolute atomic E-state index is 11.3. The third-order valence-corrected chi connectivity index (χ3v) is 4.50. The third kappa shape index (κ3) is 3.15. The molecule has 1 aliphatic heterocycles. The number of hydrogen-bond donors (Lipinski definition) is 1. The van der Waals surface area contributed by atoms with Gasteiger partial charge in [0, 0.05) is 50.3 Å². The van der Waals surface area contributed by atoms with Crippen molar-refractivity contribution in [2.45, 2.75) is 39.3 Å². The fourth-order valence-corrected chi connectivity index (χ4v) is 3.34. The monoisotopic (exact) mass is 312 g/mol.